The van der Waals surface area contributed by atoms with Crippen LogP contribution in [-0.4, -0.2) is 32.0 Å². The van der Waals surface area contributed by atoms with Crippen LogP contribution in [-0.2, 0) is 27.7 Å². The fraction of sp³-hybridized carbons (Fsp3) is 0.429. The van der Waals surface area contributed by atoms with Crippen molar-refractivity contribution in [2.75, 3.05) is 6.61 Å². The highest BCUT2D eigenvalue weighted by Gasteiger charge is 2.22. The van der Waals surface area contributed by atoms with Gasteiger partial charge in [-0.15, -0.1) is 16.2 Å². The number of carbonyl (C=O) groups excluding carboxylic acids is 1. The Kier molecular flexibility index (Phi) is 7.34. The van der Waals surface area contributed by atoms with Gasteiger partial charge < -0.3 is 9.84 Å². The molecule has 8 nitrogen and oxygen atoms in total. The number of rotatable bonds is 9. The summed E-state index contributed by atoms with van der Waals surface area (Å²) in [4.78, 5) is 26.8. The number of thiophene rings is 1. The first-order valence-electron chi connectivity index (χ1n) is 10.0. The Labute approximate surface area is 185 Å². The van der Waals surface area contributed by atoms with E-state index < -0.39 is 21.9 Å². The second-order valence-electron chi connectivity index (χ2n) is 7.74. The molecule has 1 atom stereocenters. The standard InChI is InChI=1S/C21H26N2O6S2/c1-13-5-8-18-15(10-13)12-19(30-18)21(26)22-23-31(27,28)16-6-7-17(14(2)11-16)29-9-3-4-20(24)25/h6-7,11-13,23H,3-5,8-10H2,1-2H3,(H,22,26)(H,24,25). The summed E-state index contributed by atoms with van der Waals surface area (Å²) in [5.41, 5.74) is 4.05. The normalized spacial score (nSPS) is 15.9. The molecule has 1 aromatic heterocycles. The molecule has 0 bridgehead atoms. The molecular weight excluding hydrogens is 440 g/mol. The van der Waals surface area contributed by atoms with Gasteiger partial charge in [-0.05, 0) is 73.9 Å². The summed E-state index contributed by atoms with van der Waals surface area (Å²) in [5.74, 6) is -0.312. The quantitative estimate of drug-likeness (QED) is 0.386. The SMILES string of the molecule is Cc1cc(S(=O)(=O)NNC(=O)c2cc3c(s2)CCC(C)C3)ccc1OCCCC(=O)O. The van der Waals surface area contributed by atoms with Crippen LogP contribution in [0.3, 0.4) is 0 Å². The first kappa shape index (κ1) is 23.2. The Morgan fingerprint density at radius 1 is 1.29 bits per heavy atom. The molecule has 1 aliphatic carbocycles. The molecule has 31 heavy (non-hydrogen) atoms. The maximum Gasteiger partial charge on any atom is 0.303 e. The number of hydrazine groups is 1. The first-order valence-corrected chi connectivity index (χ1v) is 12.3. The van der Waals surface area contributed by atoms with E-state index in [1.165, 1.54) is 40.0 Å². The van der Waals surface area contributed by atoms with E-state index in [9.17, 15) is 18.0 Å². The number of aliphatic carboxylic acids is 1. The minimum Gasteiger partial charge on any atom is -0.493 e. The van der Waals surface area contributed by atoms with Crippen LogP contribution in [0.15, 0.2) is 29.2 Å². The molecule has 0 radical (unpaired) electrons. The third-order valence-electron chi connectivity index (χ3n) is 5.10. The lowest BCUT2D eigenvalue weighted by molar-refractivity contribution is -0.137. The van der Waals surface area contributed by atoms with Crippen LogP contribution in [0.5, 0.6) is 5.75 Å². The first-order chi connectivity index (χ1) is 14.7. The van der Waals surface area contributed by atoms with E-state index in [1.54, 1.807) is 6.92 Å². The van der Waals surface area contributed by atoms with E-state index >= 15 is 0 Å². The van der Waals surface area contributed by atoms with Crippen molar-refractivity contribution in [3.05, 3.63) is 45.1 Å². The summed E-state index contributed by atoms with van der Waals surface area (Å²) < 4.78 is 30.7. The number of fused-ring (bicyclic) bond motifs is 1. The number of carboxylic acids is 1. The van der Waals surface area contributed by atoms with Crippen molar-refractivity contribution in [2.45, 2.75) is 50.8 Å². The van der Waals surface area contributed by atoms with Crippen LogP contribution >= 0.6 is 11.3 Å². The fourth-order valence-electron chi connectivity index (χ4n) is 3.41. The predicted octanol–water partition coefficient (Wildman–Crippen LogP) is 3.05. The predicted molar refractivity (Wildman–Crippen MR) is 117 cm³/mol. The molecule has 2 aromatic rings. The van der Waals surface area contributed by atoms with Gasteiger partial charge in [-0.2, -0.15) is 0 Å². The number of nitrogens with one attached hydrogen (secondary N) is 2. The van der Waals surface area contributed by atoms with Gasteiger partial charge in [0.2, 0.25) is 0 Å². The van der Waals surface area contributed by atoms with Gasteiger partial charge in [0.25, 0.3) is 15.9 Å². The van der Waals surface area contributed by atoms with Crippen molar-refractivity contribution in [3.63, 3.8) is 0 Å². The molecule has 1 aromatic carbocycles. The topological polar surface area (TPSA) is 122 Å². The van der Waals surface area contributed by atoms with Gasteiger partial charge in [0, 0.05) is 11.3 Å². The number of amides is 1. The van der Waals surface area contributed by atoms with Crippen LogP contribution in [0.4, 0.5) is 0 Å². The third-order valence-corrected chi connectivity index (χ3v) is 7.58. The van der Waals surface area contributed by atoms with E-state index in [2.05, 4.69) is 17.2 Å². The molecular formula is C21H26N2O6S2. The summed E-state index contributed by atoms with van der Waals surface area (Å²) in [6.45, 7) is 4.10. The minimum absolute atomic E-state index is 0.00137. The average Bonchev–Trinajstić information content (AvgIpc) is 3.13. The van der Waals surface area contributed by atoms with Crippen molar-refractivity contribution in [2.24, 2.45) is 5.92 Å². The highest BCUT2D eigenvalue weighted by atomic mass is 32.2. The molecule has 1 aliphatic rings. The smallest absolute Gasteiger partial charge is 0.303 e. The number of benzene rings is 1. The molecule has 1 heterocycles. The summed E-state index contributed by atoms with van der Waals surface area (Å²) in [6.07, 6.45) is 3.34. The van der Waals surface area contributed by atoms with Gasteiger partial charge in [0.05, 0.1) is 16.4 Å². The highest BCUT2D eigenvalue weighted by molar-refractivity contribution is 7.89. The van der Waals surface area contributed by atoms with Crippen molar-refractivity contribution >= 4 is 33.2 Å². The van der Waals surface area contributed by atoms with Gasteiger partial charge >= 0.3 is 5.97 Å². The molecule has 1 amide bonds. The van der Waals surface area contributed by atoms with Crippen LogP contribution < -0.4 is 15.0 Å². The minimum atomic E-state index is -3.96. The molecule has 1 unspecified atom stereocenters. The number of ether oxygens (including phenoxy) is 1. The van der Waals surface area contributed by atoms with E-state index in [-0.39, 0.29) is 17.9 Å². The zero-order chi connectivity index (χ0) is 22.6. The van der Waals surface area contributed by atoms with Gasteiger partial charge in [-0.1, -0.05) is 6.92 Å². The maximum absolute atomic E-state index is 12.6. The number of carbonyl (C=O) groups is 2. The summed E-state index contributed by atoms with van der Waals surface area (Å²) in [5, 5.41) is 8.65. The molecule has 10 heteroatoms. The second kappa shape index (κ2) is 9.80. The number of hydrogen-bond donors (Lipinski definition) is 3. The lowest BCUT2D eigenvalue weighted by Crippen LogP contribution is -2.41. The molecule has 0 aliphatic heterocycles. The summed E-state index contributed by atoms with van der Waals surface area (Å²) >= 11 is 1.41. The molecule has 0 saturated carbocycles. The average molecular weight is 467 g/mol. The van der Waals surface area contributed by atoms with Crippen LogP contribution in [0.2, 0.25) is 0 Å². The van der Waals surface area contributed by atoms with Crippen LogP contribution in [0.25, 0.3) is 0 Å². The monoisotopic (exact) mass is 466 g/mol. The lowest BCUT2D eigenvalue weighted by Gasteiger charge is -2.16. The van der Waals surface area contributed by atoms with E-state index in [4.69, 9.17) is 9.84 Å². The Balaban J connectivity index is 1.59. The van der Waals surface area contributed by atoms with Crippen molar-refractivity contribution in [1.29, 1.82) is 0 Å². The molecule has 3 rings (SSSR count). The van der Waals surface area contributed by atoms with Gasteiger partial charge in [-0.25, -0.2) is 8.42 Å². The number of hydrogen-bond acceptors (Lipinski definition) is 6. The number of aryl methyl sites for hydroxylation is 2. The third kappa shape index (κ3) is 6.05. The second-order valence-corrected chi connectivity index (χ2v) is 10.6. The zero-order valence-electron chi connectivity index (χ0n) is 17.4. The Bertz CT molecular complexity index is 1080. The van der Waals surface area contributed by atoms with Crippen LogP contribution in [0.1, 0.15) is 51.9 Å². The van der Waals surface area contributed by atoms with Gasteiger partial charge in [0.1, 0.15) is 5.75 Å². The Morgan fingerprint density at radius 3 is 2.77 bits per heavy atom. The van der Waals surface area contributed by atoms with Crippen molar-refractivity contribution < 1.29 is 27.9 Å². The van der Waals surface area contributed by atoms with Crippen LogP contribution in [0, 0.1) is 12.8 Å². The maximum atomic E-state index is 12.6. The molecule has 0 spiro atoms. The van der Waals surface area contributed by atoms with E-state index in [0.29, 0.717) is 28.5 Å². The molecule has 0 fully saturated rings. The molecule has 3 N–H and O–H groups in total. The van der Waals surface area contributed by atoms with Gasteiger partial charge in [0.15, 0.2) is 0 Å². The van der Waals surface area contributed by atoms with Crippen molar-refractivity contribution in [3.8, 4) is 5.75 Å². The zero-order valence-corrected chi connectivity index (χ0v) is 19.1. The Hall–Kier alpha value is -2.43. The molecule has 168 valence electrons. The fourth-order valence-corrected chi connectivity index (χ4v) is 5.44. The highest BCUT2D eigenvalue weighted by Crippen LogP contribution is 2.32. The van der Waals surface area contributed by atoms with E-state index in [1.807, 2.05) is 6.07 Å². The Morgan fingerprint density at radius 2 is 2.06 bits per heavy atom. The van der Waals surface area contributed by atoms with Gasteiger partial charge in [-0.3, -0.25) is 15.0 Å². The summed E-state index contributed by atoms with van der Waals surface area (Å²) in [6, 6.07) is 6.17. The molecule has 0 saturated heterocycles. The summed E-state index contributed by atoms with van der Waals surface area (Å²) in [7, 11) is -3.96. The van der Waals surface area contributed by atoms with Crippen molar-refractivity contribution in [1.82, 2.24) is 10.3 Å². The number of sulfonamides is 1. The largest absolute Gasteiger partial charge is 0.493 e. The number of carboxylic acid groups (broad SMARTS) is 1. The van der Waals surface area contributed by atoms with E-state index in [0.717, 1.165) is 19.3 Å². The lowest BCUT2D eigenvalue weighted by atomic mass is 9.90.